The van der Waals surface area contributed by atoms with Crippen LogP contribution in [0.1, 0.15) is 12.5 Å². The first-order chi connectivity index (χ1) is 16.4. The van der Waals surface area contributed by atoms with Gasteiger partial charge in [-0.25, -0.2) is 9.19 Å². The van der Waals surface area contributed by atoms with Crippen molar-refractivity contribution in [3.8, 4) is 16.9 Å². The lowest BCUT2D eigenvalue weighted by Gasteiger charge is -2.14. The van der Waals surface area contributed by atoms with Crippen LogP contribution >= 0.6 is 0 Å². The van der Waals surface area contributed by atoms with Gasteiger partial charge in [0.05, 0.1) is 16.3 Å². The molecule has 0 fully saturated rings. The summed E-state index contributed by atoms with van der Waals surface area (Å²) in [7, 11) is -2.82. The van der Waals surface area contributed by atoms with Crippen LogP contribution in [-0.2, 0) is 16.3 Å². The number of nitrogens with one attached hydrogen (secondary N) is 2. The van der Waals surface area contributed by atoms with Gasteiger partial charge in [-0.15, -0.1) is 0 Å². The van der Waals surface area contributed by atoms with Crippen molar-refractivity contribution in [3.63, 3.8) is 0 Å². The van der Waals surface area contributed by atoms with Crippen LogP contribution in [0.4, 0.5) is 17.5 Å². The molecule has 7 nitrogen and oxygen atoms in total. The van der Waals surface area contributed by atoms with Gasteiger partial charge in [0.25, 0.3) is 0 Å². The highest BCUT2D eigenvalue weighted by atomic mass is 32.2. The standard InChI is InChI=1S/C26H27N5O2S/c1-3-33-22-14-12-20(13-15-22)24-18-29-26(30-21-10-7-11-23(16-21)34(2,27)32)31-25(24)28-17-19-8-5-4-6-9-19/h4-16,18H,2-3,17H2,1H3,(H2,27,32)(H2,28,29,30,31). The quantitative estimate of drug-likeness (QED) is 0.301. The summed E-state index contributed by atoms with van der Waals surface area (Å²) in [6.07, 6.45) is 1.77. The Morgan fingerprint density at radius 3 is 2.50 bits per heavy atom. The molecule has 0 aliphatic heterocycles. The molecule has 1 heterocycles. The zero-order valence-corrected chi connectivity index (χ0v) is 19.7. The van der Waals surface area contributed by atoms with E-state index in [2.05, 4.69) is 33.6 Å². The fourth-order valence-corrected chi connectivity index (χ4v) is 4.02. The smallest absolute Gasteiger partial charge is 0.229 e. The first-order valence-corrected chi connectivity index (χ1v) is 12.6. The van der Waals surface area contributed by atoms with Crippen molar-refractivity contribution in [2.45, 2.75) is 18.4 Å². The van der Waals surface area contributed by atoms with Crippen LogP contribution in [0.2, 0.25) is 0 Å². The van der Waals surface area contributed by atoms with Gasteiger partial charge in [-0.2, -0.15) is 4.98 Å². The molecule has 1 aromatic heterocycles. The van der Waals surface area contributed by atoms with Crippen LogP contribution in [0.3, 0.4) is 0 Å². The van der Waals surface area contributed by atoms with Gasteiger partial charge in [0, 0.05) is 28.9 Å². The predicted molar refractivity (Wildman–Crippen MR) is 140 cm³/mol. The molecule has 34 heavy (non-hydrogen) atoms. The van der Waals surface area contributed by atoms with Gasteiger partial charge in [0.15, 0.2) is 0 Å². The molecule has 0 saturated carbocycles. The van der Waals surface area contributed by atoms with Crippen molar-refractivity contribution >= 4 is 33.0 Å². The van der Waals surface area contributed by atoms with Crippen molar-refractivity contribution in [3.05, 3.63) is 90.6 Å². The first-order valence-electron chi connectivity index (χ1n) is 10.8. The molecule has 4 rings (SSSR count). The molecule has 0 saturated heterocycles. The fourth-order valence-electron chi connectivity index (χ4n) is 3.38. The number of ether oxygens (including phenoxy) is 1. The van der Waals surface area contributed by atoms with Gasteiger partial charge in [-0.3, -0.25) is 5.14 Å². The number of aromatic nitrogens is 2. The number of hydrogen-bond donors (Lipinski definition) is 3. The molecule has 174 valence electrons. The normalized spacial score (nSPS) is 12.5. The molecule has 1 atom stereocenters. The number of nitrogens with two attached hydrogens (primary N) is 1. The van der Waals surface area contributed by atoms with Crippen LogP contribution in [0.5, 0.6) is 5.75 Å². The van der Waals surface area contributed by atoms with E-state index in [-0.39, 0.29) is 0 Å². The Hall–Kier alpha value is -3.88. The minimum Gasteiger partial charge on any atom is -0.494 e. The monoisotopic (exact) mass is 473 g/mol. The molecule has 3 aromatic carbocycles. The third-order valence-electron chi connectivity index (χ3n) is 5.06. The third kappa shape index (κ3) is 5.92. The molecule has 4 aromatic rings. The average molecular weight is 474 g/mol. The Bertz CT molecular complexity index is 1360. The highest BCUT2D eigenvalue weighted by molar-refractivity contribution is 7.98. The number of hydrogen-bond acceptors (Lipinski definition) is 6. The second kappa shape index (κ2) is 10.4. The SMILES string of the molecule is C=S(N)(=O)c1cccc(Nc2ncc(-c3ccc(OCC)cc3)c(NCc3ccccc3)n2)c1. The molecular formula is C26H27N5O2S. The van der Waals surface area contributed by atoms with Crippen molar-refractivity contribution in [1.82, 2.24) is 9.97 Å². The van der Waals surface area contributed by atoms with E-state index in [1.54, 1.807) is 24.4 Å². The van der Waals surface area contributed by atoms with Crippen LogP contribution in [0, 0.1) is 0 Å². The van der Waals surface area contributed by atoms with E-state index >= 15 is 0 Å². The predicted octanol–water partition coefficient (Wildman–Crippen LogP) is 4.85. The summed E-state index contributed by atoms with van der Waals surface area (Å²) in [5.74, 6) is 5.44. The minimum atomic E-state index is -2.82. The van der Waals surface area contributed by atoms with E-state index in [0.29, 0.717) is 35.5 Å². The Kier molecular flexibility index (Phi) is 7.10. The maximum atomic E-state index is 12.1. The van der Waals surface area contributed by atoms with E-state index < -0.39 is 9.71 Å². The summed E-state index contributed by atoms with van der Waals surface area (Å²) in [5.41, 5.74) is 3.63. The van der Waals surface area contributed by atoms with E-state index in [9.17, 15) is 4.21 Å². The van der Waals surface area contributed by atoms with E-state index in [4.69, 9.17) is 14.9 Å². The lowest BCUT2D eigenvalue weighted by molar-refractivity contribution is 0.340. The highest BCUT2D eigenvalue weighted by Crippen LogP contribution is 2.29. The van der Waals surface area contributed by atoms with Crippen molar-refractivity contribution < 1.29 is 8.95 Å². The summed E-state index contributed by atoms with van der Waals surface area (Å²) in [6.45, 7) is 3.17. The highest BCUT2D eigenvalue weighted by Gasteiger charge is 2.11. The Balaban J connectivity index is 1.65. The zero-order valence-electron chi connectivity index (χ0n) is 18.9. The second-order valence-corrected chi connectivity index (χ2v) is 9.56. The maximum Gasteiger partial charge on any atom is 0.229 e. The number of rotatable bonds is 9. The Labute approximate surface area is 200 Å². The zero-order chi connectivity index (χ0) is 24.0. The van der Waals surface area contributed by atoms with E-state index in [1.807, 2.05) is 55.5 Å². The second-order valence-electron chi connectivity index (χ2n) is 7.63. The summed E-state index contributed by atoms with van der Waals surface area (Å²) >= 11 is 0. The topological polar surface area (TPSA) is 102 Å². The van der Waals surface area contributed by atoms with Crippen LogP contribution in [-0.4, -0.2) is 26.7 Å². The maximum absolute atomic E-state index is 12.1. The molecule has 4 N–H and O–H groups in total. The fraction of sp³-hybridized carbons (Fsp3) is 0.115. The lowest BCUT2D eigenvalue weighted by Crippen LogP contribution is -2.12. The number of nitrogens with zero attached hydrogens (tertiary/aromatic N) is 2. The van der Waals surface area contributed by atoms with Crippen molar-refractivity contribution in [2.75, 3.05) is 17.2 Å². The third-order valence-corrected chi connectivity index (χ3v) is 6.11. The molecule has 1 unspecified atom stereocenters. The summed E-state index contributed by atoms with van der Waals surface area (Å²) in [6, 6.07) is 24.9. The van der Waals surface area contributed by atoms with Gasteiger partial charge in [-0.05, 0) is 54.3 Å². The minimum absolute atomic E-state index is 0.398. The molecule has 0 radical (unpaired) electrons. The van der Waals surface area contributed by atoms with Crippen molar-refractivity contribution in [2.24, 2.45) is 5.14 Å². The van der Waals surface area contributed by atoms with E-state index in [1.165, 1.54) is 0 Å². The summed E-state index contributed by atoms with van der Waals surface area (Å²) in [5, 5.41) is 12.3. The molecule has 0 amide bonds. The molecule has 0 spiro atoms. The largest absolute Gasteiger partial charge is 0.494 e. The van der Waals surface area contributed by atoms with Crippen LogP contribution in [0.15, 0.2) is 90.0 Å². The van der Waals surface area contributed by atoms with E-state index in [0.717, 1.165) is 22.4 Å². The lowest BCUT2D eigenvalue weighted by atomic mass is 10.1. The van der Waals surface area contributed by atoms with Gasteiger partial charge in [0.1, 0.15) is 11.6 Å². The van der Waals surface area contributed by atoms with Crippen molar-refractivity contribution in [1.29, 1.82) is 0 Å². The molecule has 0 aliphatic carbocycles. The Morgan fingerprint density at radius 1 is 1.03 bits per heavy atom. The van der Waals surface area contributed by atoms with Gasteiger partial charge < -0.3 is 15.4 Å². The van der Waals surface area contributed by atoms with Crippen LogP contribution < -0.4 is 20.5 Å². The molecule has 0 aliphatic rings. The molecular weight excluding hydrogens is 446 g/mol. The number of anilines is 3. The van der Waals surface area contributed by atoms with Gasteiger partial charge in [-0.1, -0.05) is 48.5 Å². The molecule has 0 bridgehead atoms. The summed E-state index contributed by atoms with van der Waals surface area (Å²) < 4.78 is 17.7. The first kappa shape index (κ1) is 23.3. The van der Waals surface area contributed by atoms with Gasteiger partial charge in [0.2, 0.25) is 5.95 Å². The van der Waals surface area contributed by atoms with Gasteiger partial charge >= 0.3 is 0 Å². The van der Waals surface area contributed by atoms with Crippen LogP contribution in [0.25, 0.3) is 11.1 Å². The average Bonchev–Trinajstić information content (AvgIpc) is 2.84. The number of benzene rings is 3. The summed E-state index contributed by atoms with van der Waals surface area (Å²) in [4.78, 5) is 9.68. The molecule has 8 heteroatoms. The Morgan fingerprint density at radius 2 is 1.79 bits per heavy atom.